The largest absolute Gasteiger partial charge is 0.508 e. The van der Waals surface area contributed by atoms with Crippen molar-refractivity contribution in [2.45, 2.75) is 6.92 Å². The van der Waals surface area contributed by atoms with Crippen LogP contribution in [0.3, 0.4) is 0 Å². The second-order valence-corrected chi connectivity index (χ2v) is 4.81. The Labute approximate surface area is 120 Å². The number of hydrogen-bond donors (Lipinski definition) is 1. The number of nitrogens with zero attached hydrogens (tertiary/aromatic N) is 2. The predicted octanol–water partition coefficient (Wildman–Crippen LogP) is 3.19. The lowest BCUT2D eigenvalue weighted by atomic mass is 10.2. The molecule has 20 heavy (non-hydrogen) atoms. The Bertz CT molecular complexity index is 807. The van der Waals surface area contributed by atoms with Crippen molar-refractivity contribution in [3.8, 4) is 5.75 Å². The Balaban J connectivity index is 2.16. The van der Waals surface area contributed by atoms with E-state index in [0.717, 1.165) is 0 Å². The minimum atomic E-state index is -0.205. The molecule has 0 saturated heterocycles. The lowest BCUT2D eigenvalue weighted by Crippen LogP contribution is -2.13. The van der Waals surface area contributed by atoms with Crippen LogP contribution in [0.15, 0.2) is 36.5 Å². The van der Waals surface area contributed by atoms with Crippen molar-refractivity contribution in [2.24, 2.45) is 0 Å². The number of fused-ring (bicyclic) bond motifs is 1. The highest BCUT2D eigenvalue weighted by Gasteiger charge is 2.15. The van der Waals surface area contributed by atoms with Crippen molar-refractivity contribution >= 4 is 28.4 Å². The molecule has 0 bridgehead atoms. The molecule has 0 aliphatic rings. The third-order valence-corrected chi connectivity index (χ3v) is 3.27. The molecule has 0 amide bonds. The lowest BCUT2D eigenvalue weighted by Gasteiger charge is -2.06. The highest BCUT2D eigenvalue weighted by atomic mass is 35.5. The summed E-state index contributed by atoms with van der Waals surface area (Å²) < 4.78 is 1.54. The number of phenolic OH excluding ortho intramolecular Hbond substituents is 1. The van der Waals surface area contributed by atoms with Crippen LogP contribution in [0.4, 0.5) is 0 Å². The van der Waals surface area contributed by atoms with Crippen LogP contribution in [0.1, 0.15) is 16.1 Å². The number of carbonyl (C=O) groups is 1. The summed E-state index contributed by atoms with van der Waals surface area (Å²) in [6.07, 6.45) is 1.44. The molecule has 1 N–H and O–H groups in total. The van der Waals surface area contributed by atoms with E-state index >= 15 is 0 Å². The third-order valence-electron chi connectivity index (χ3n) is 3.05. The van der Waals surface area contributed by atoms with Gasteiger partial charge in [-0.3, -0.25) is 9.36 Å². The summed E-state index contributed by atoms with van der Waals surface area (Å²) >= 11 is 5.72. The van der Waals surface area contributed by atoms with Crippen molar-refractivity contribution < 1.29 is 9.90 Å². The first kappa shape index (κ1) is 12.7. The predicted molar refractivity (Wildman–Crippen MR) is 76.2 cm³/mol. The van der Waals surface area contributed by atoms with Gasteiger partial charge in [0.15, 0.2) is 0 Å². The minimum absolute atomic E-state index is 0.145. The molecular weight excluding hydrogens is 276 g/mol. The molecular formula is C15H10ClN2O2. The summed E-state index contributed by atoms with van der Waals surface area (Å²) in [4.78, 5) is 16.5. The molecule has 2 aromatic heterocycles. The van der Waals surface area contributed by atoms with E-state index in [0.29, 0.717) is 27.3 Å². The Morgan fingerprint density at radius 3 is 2.85 bits per heavy atom. The highest BCUT2D eigenvalue weighted by Crippen LogP contribution is 2.24. The fourth-order valence-corrected chi connectivity index (χ4v) is 2.26. The van der Waals surface area contributed by atoms with E-state index in [1.807, 2.05) is 0 Å². The first-order valence-electron chi connectivity index (χ1n) is 5.96. The van der Waals surface area contributed by atoms with Gasteiger partial charge in [0.2, 0.25) is 0 Å². The van der Waals surface area contributed by atoms with Crippen LogP contribution in [-0.4, -0.2) is 20.6 Å². The topological polar surface area (TPSA) is 55.1 Å². The normalized spacial score (nSPS) is 10.9. The number of carbonyl (C=O) groups excluding carboxylic acids is 1. The first-order chi connectivity index (χ1) is 9.56. The van der Waals surface area contributed by atoms with E-state index in [2.05, 4.69) is 11.1 Å². The fraction of sp³-hybridized carbons (Fsp3) is 0.0667. The molecule has 0 aliphatic heterocycles. The van der Waals surface area contributed by atoms with Crippen LogP contribution in [0.25, 0.3) is 10.9 Å². The van der Waals surface area contributed by atoms with Crippen LogP contribution < -0.4 is 0 Å². The van der Waals surface area contributed by atoms with Gasteiger partial charge < -0.3 is 5.11 Å². The van der Waals surface area contributed by atoms with Gasteiger partial charge in [-0.05, 0) is 37.3 Å². The molecule has 2 heterocycles. The minimum Gasteiger partial charge on any atom is -0.508 e. The number of aryl methyl sites for hydroxylation is 1. The van der Waals surface area contributed by atoms with Gasteiger partial charge in [0.05, 0.1) is 11.1 Å². The Morgan fingerprint density at radius 2 is 2.15 bits per heavy atom. The Kier molecular flexibility index (Phi) is 2.95. The summed E-state index contributed by atoms with van der Waals surface area (Å²) in [6, 6.07) is 11.1. The zero-order chi connectivity index (χ0) is 14.3. The van der Waals surface area contributed by atoms with E-state index in [1.165, 1.54) is 6.20 Å². The molecule has 0 unspecified atom stereocenters. The molecule has 5 heteroatoms. The zero-order valence-electron chi connectivity index (χ0n) is 10.6. The van der Waals surface area contributed by atoms with Gasteiger partial charge in [-0.1, -0.05) is 11.6 Å². The van der Waals surface area contributed by atoms with Crippen molar-refractivity contribution in [1.82, 2.24) is 9.55 Å². The number of phenols is 1. The number of halogens is 1. The van der Waals surface area contributed by atoms with Gasteiger partial charge in [0.1, 0.15) is 10.9 Å². The van der Waals surface area contributed by atoms with Gasteiger partial charge in [0, 0.05) is 23.3 Å². The Morgan fingerprint density at radius 1 is 1.35 bits per heavy atom. The molecule has 0 spiro atoms. The van der Waals surface area contributed by atoms with E-state index < -0.39 is 0 Å². The third kappa shape index (κ3) is 2.04. The maximum atomic E-state index is 12.5. The Hall–Kier alpha value is -2.33. The van der Waals surface area contributed by atoms with Crippen LogP contribution in [0.5, 0.6) is 5.75 Å². The van der Waals surface area contributed by atoms with Gasteiger partial charge >= 0.3 is 0 Å². The maximum Gasteiger partial charge on any atom is 0.264 e. The molecule has 0 atom stereocenters. The molecule has 3 aromatic rings. The number of benzene rings is 1. The van der Waals surface area contributed by atoms with E-state index in [1.54, 1.807) is 41.8 Å². The molecule has 4 nitrogen and oxygen atoms in total. The molecule has 99 valence electrons. The standard InChI is InChI=1S/C15H10ClN2O2/c1-9-6-11-7-12(19)3-4-13(11)18(9)15(20)10-2-5-14(16)17-8-10/h2-5,7-8,19H,1H3. The van der Waals surface area contributed by atoms with Gasteiger partial charge in [-0.2, -0.15) is 0 Å². The van der Waals surface area contributed by atoms with E-state index in [-0.39, 0.29) is 11.7 Å². The smallest absolute Gasteiger partial charge is 0.264 e. The molecule has 1 radical (unpaired) electrons. The van der Waals surface area contributed by atoms with Crippen molar-refractivity contribution in [2.75, 3.05) is 0 Å². The second-order valence-electron chi connectivity index (χ2n) is 4.42. The monoisotopic (exact) mass is 285 g/mol. The SMILES string of the molecule is Cc1[c]c2cc(O)ccc2n1C(=O)c1ccc(Cl)nc1. The van der Waals surface area contributed by atoms with Crippen LogP contribution in [-0.2, 0) is 0 Å². The molecule has 3 rings (SSSR count). The average molecular weight is 286 g/mol. The molecule has 1 aromatic carbocycles. The summed E-state index contributed by atoms with van der Waals surface area (Å²) in [6.45, 7) is 1.79. The second kappa shape index (κ2) is 4.65. The molecule has 0 saturated carbocycles. The van der Waals surface area contributed by atoms with Crippen molar-refractivity contribution in [1.29, 1.82) is 0 Å². The maximum absolute atomic E-state index is 12.5. The van der Waals surface area contributed by atoms with Gasteiger partial charge in [0.25, 0.3) is 5.91 Å². The van der Waals surface area contributed by atoms with Gasteiger partial charge in [-0.15, -0.1) is 0 Å². The fourth-order valence-electron chi connectivity index (χ4n) is 2.14. The quantitative estimate of drug-likeness (QED) is 0.699. The van der Waals surface area contributed by atoms with Crippen LogP contribution >= 0.6 is 11.6 Å². The average Bonchev–Trinajstić information content (AvgIpc) is 2.73. The lowest BCUT2D eigenvalue weighted by molar-refractivity contribution is 0.0962. The van der Waals surface area contributed by atoms with Crippen LogP contribution in [0, 0.1) is 13.0 Å². The molecule has 0 fully saturated rings. The summed E-state index contributed by atoms with van der Waals surface area (Å²) in [5, 5.41) is 10.5. The van der Waals surface area contributed by atoms with Crippen molar-refractivity contribution in [3.05, 3.63) is 59.0 Å². The summed E-state index contributed by atoms with van der Waals surface area (Å²) in [5.41, 5.74) is 1.81. The number of pyridine rings is 1. The number of hydrogen-bond acceptors (Lipinski definition) is 3. The highest BCUT2D eigenvalue weighted by molar-refractivity contribution is 6.29. The zero-order valence-corrected chi connectivity index (χ0v) is 11.3. The summed E-state index contributed by atoms with van der Waals surface area (Å²) in [7, 11) is 0. The number of aromatic hydroxyl groups is 1. The first-order valence-corrected chi connectivity index (χ1v) is 6.33. The van der Waals surface area contributed by atoms with Crippen LogP contribution in [0.2, 0.25) is 5.15 Å². The number of aromatic nitrogens is 2. The van der Waals surface area contributed by atoms with E-state index in [4.69, 9.17) is 11.6 Å². The van der Waals surface area contributed by atoms with E-state index in [9.17, 15) is 9.90 Å². The van der Waals surface area contributed by atoms with Crippen molar-refractivity contribution in [3.63, 3.8) is 0 Å². The number of rotatable bonds is 1. The summed E-state index contributed by atoms with van der Waals surface area (Å²) in [5.74, 6) is -0.0601. The van der Waals surface area contributed by atoms with Gasteiger partial charge in [-0.25, -0.2) is 4.98 Å². The molecule has 0 aliphatic carbocycles.